The molecule has 5 heteroatoms. The molecule has 0 amide bonds. The highest BCUT2D eigenvalue weighted by atomic mass is 16.6. The van der Waals surface area contributed by atoms with E-state index in [1.165, 1.54) is 18.2 Å². The smallest absolute Gasteiger partial charge is 0.292 e. The van der Waals surface area contributed by atoms with Gasteiger partial charge in [0.05, 0.1) is 11.0 Å². The number of nitro groups is 1. The number of rotatable bonds is 2. The molecule has 0 heterocycles. The molecule has 0 aliphatic rings. The molecular formula is C10H9N3O2. The number of allylic oxidation sites excluding steroid dienone is 1. The minimum Gasteiger partial charge on any atom is -0.393 e. The number of hydrogen-bond donors (Lipinski definition) is 1. The molecule has 0 atom stereocenters. The van der Waals surface area contributed by atoms with Gasteiger partial charge in [-0.1, -0.05) is 0 Å². The van der Waals surface area contributed by atoms with Gasteiger partial charge in [-0.2, -0.15) is 5.26 Å². The van der Waals surface area contributed by atoms with E-state index < -0.39 is 4.92 Å². The summed E-state index contributed by atoms with van der Waals surface area (Å²) >= 11 is 0. The Morgan fingerprint density at radius 2 is 2.27 bits per heavy atom. The maximum absolute atomic E-state index is 10.6. The number of nitrogens with two attached hydrogens (primary N) is 1. The third-order valence-corrected chi connectivity index (χ3v) is 1.87. The number of nitrogen functional groups attached to an aromatic ring is 1. The molecule has 1 aromatic carbocycles. The average Bonchev–Trinajstić information content (AvgIpc) is 2.18. The van der Waals surface area contributed by atoms with Crippen molar-refractivity contribution < 1.29 is 4.92 Å². The van der Waals surface area contributed by atoms with Crippen LogP contribution in [0.15, 0.2) is 18.2 Å². The first kappa shape index (κ1) is 10.7. The standard InChI is InChI=1S/C10H9N3O2/c1-7-5-8(3-2-4-11)10(12)9(6-7)13(14)15/h2-3,5-6H,12H2,1H3. The molecule has 0 radical (unpaired) electrons. The van der Waals surface area contributed by atoms with Crippen molar-refractivity contribution in [3.05, 3.63) is 39.4 Å². The molecule has 0 bridgehead atoms. The molecule has 2 N–H and O–H groups in total. The summed E-state index contributed by atoms with van der Waals surface area (Å²) in [5.41, 5.74) is 6.76. The van der Waals surface area contributed by atoms with Crippen LogP contribution in [0.1, 0.15) is 11.1 Å². The van der Waals surface area contributed by atoms with E-state index in [0.29, 0.717) is 5.56 Å². The fourth-order valence-electron chi connectivity index (χ4n) is 1.22. The van der Waals surface area contributed by atoms with Gasteiger partial charge in [0.25, 0.3) is 5.69 Å². The fraction of sp³-hybridized carbons (Fsp3) is 0.100. The van der Waals surface area contributed by atoms with E-state index in [-0.39, 0.29) is 11.4 Å². The molecule has 0 saturated carbocycles. The number of nitro benzene ring substituents is 1. The zero-order valence-corrected chi connectivity index (χ0v) is 8.10. The fourth-order valence-corrected chi connectivity index (χ4v) is 1.22. The van der Waals surface area contributed by atoms with Gasteiger partial charge in [-0.3, -0.25) is 10.1 Å². The van der Waals surface area contributed by atoms with Gasteiger partial charge in [0.15, 0.2) is 0 Å². The second-order valence-corrected chi connectivity index (χ2v) is 3.01. The predicted octanol–water partition coefficient (Wildman–Crippen LogP) is 2.02. The Hall–Kier alpha value is -2.35. The van der Waals surface area contributed by atoms with E-state index in [0.717, 1.165) is 5.56 Å². The maximum atomic E-state index is 10.6. The number of benzene rings is 1. The first-order chi connectivity index (χ1) is 7.06. The average molecular weight is 203 g/mol. The molecule has 0 aromatic heterocycles. The van der Waals surface area contributed by atoms with Gasteiger partial charge in [-0.25, -0.2) is 0 Å². The molecule has 0 aliphatic heterocycles. The lowest BCUT2D eigenvalue weighted by Gasteiger charge is -2.03. The topological polar surface area (TPSA) is 93.0 Å². The Morgan fingerprint density at radius 1 is 1.60 bits per heavy atom. The van der Waals surface area contributed by atoms with Crippen LogP contribution in [0, 0.1) is 28.4 Å². The molecule has 0 fully saturated rings. The van der Waals surface area contributed by atoms with E-state index in [1.807, 2.05) is 0 Å². The first-order valence-electron chi connectivity index (χ1n) is 4.17. The molecule has 0 spiro atoms. The zero-order chi connectivity index (χ0) is 11.4. The summed E-state index contributed by atoms with van der Waals surface area (Å²) < 4.78 is 0. The monoisotopic (exact) mass is 203 g/mol. The summed E-state index contributed by atoms with van der Waals surface area (Å²) in [6, 6.07) is 4.90. The highest BCUT2D eigenvalue weighted by molar-refractivity contribution is 5.74. The summed E-state index contributed by atoms with van der Waals surface area (Å²) in [7, 11) is 0. The second-order valence-electron chi connectivity index (χ2n) is 3.01. The summed E-state index contributed by atoms with van der Waals surface area (Å²) in [5.74, 6) is 0. The van der Waals surface area contributed by atoms with E-state index >= 15 is 0 Å². The van der Waals surface area contributed by atoms with Crippen LogP contribution in [0.3, 0.4) is 0 Å². The van der Waals surface area contributed by atoms with Crippen LogP contribution in [0.25, 0.3) is 6.08 Å². The molecule has 76 valence electrons. The van der Waals surface area contributed by atoms with Crippen molar-refractivity contribution in [1.82, 2.24) is 0 Å². The molecule has 1 aromatic rings. The Kier molecular flexibility index (Phi) is 3.03. The lowest BCUT2D eigenvalue weighted by molar-refractivity contribution is -0.383. The Balaban J connectivity index is 3.36. The SMILES string of the molecule is Cc1cc(C=CC#N)c(N)c([N+](=O)[O-])c1. The van der Waals surface area contributed by atoms with E-state index in [4.69, 9.17) is 11.0 Å². The van der Waals surface area contributed by atoms with Crippen molar-refractivity contribution in [1.29, 1.82) is 5.26 Å². The van der Waals surface area contributed by atoms with Gasteiger partial charge < -0.3 is 5.73 Å². The van der Waals surface area contributed by atoms with Crippen molar-refractivity contribution in [2.75, 3.05) is 5.73 Å². The number of hydrogen-bond acceptors (Lipinski definition) is 4. The summed E-state index contributed by atoms with van der Waals surface area (Å²) in [5, 5.41) is 19.0. The molecule has 5 nitrogen and oxygen atoms in total. The van der Waals surface area contributed by atoms with Crippen LogP contribution in [0.2, 0.25) is 0 Å². The van der Waals surface area contributed by atoms with Crippen molar-refractivity contribution in [3.8, 4) is 6.07 Å². The lowest BCUT2D eigenvalue weighted by atomic mass is 10.1. The third kappa shape index (κ3) is 2.31. The Bertz CT molecular complexity index is 472. The second kappa shape index (κ2) is 4.24. The largest absolute Gasteiger partial charge is 0.393 e. The van der Waals surface area contributed by atoms with Crippen LogP contribution in [0.4, 0.5) is 11.4 Å². The highest BCUT2D eigenvalue weighted by Crippen LogP contribution is 2.27. The van der Waals surface area contributed by atoms with Crippen molar-refractivity contribution >= 4 is 17.5 Å². The summed E-state index contributed by atoms with van der Waals surface area (Å²) in [4.78, 5) is 10.1. The first-order valence-corrected chi connectivity index (χ1v) is 4.17. The molecule has 0 aliphatic carbocycles. The number of aryl methyl sites for hydroxylation is 1. The quantitative estimate of drug-likeness (QED) is 0.344. The minimum absolute atomic E-state index is 0.0806. The van der Waals surface area contributed by atoms with Crippen LogP contribution in [-0.2, 0) is 0 Å². The maximum Gasteiger partial charge on any atom is 0.292 e. The molecule has 0 unspecified atom stereocenters. The zero-order valence-electron chi connectivity index (χ0n) is 8.10. The minimum atomic E-state index is -0.536. The summed E-state index contributed by atoms with van der Waals surface area (Å²) in [6.07, 6.45) is 2.68. The van der Waals surface area contributed by atoms with Gasteiger partial charge in [0.2, 0.25) is 0 Å². The number of anilines is 1. The van der Waals surface area contributed by atoms with Gasteiger partial charge in [-0.15, -0.1) is 0 Å². The number of nitrogens with zero attached hydrogens (tertiary/aromatic N) is 2. The summed E-state index contributed by atoms with van der Waals surface area (Å²) in [6.45, 7) is 1.73. The van der Waals surface area contributed by atoms with Crippen molar-refractivity contribution in [2.24, 2.45) is 0 Å². The van der Waals surface area contributed by atoms with Gasteiger partial charge >= 0.3 is 0 Å². The molecule has 15 heavy (non-hydrogen) atoms. The molecular weight excluding hydrogens is 194 g/mol. The third-order valence-electron chi connectivity index (χ3n) is 1.87. The Labute approximate surface area is 86.6 Å². The Morgan fingerprint density at radius 3 is 2.80 bits per heavy atom. The molecule has 1 rings (SSSR count). The van der Waals surface area contributed by atoms with Gasteiger partial charge in [0, 0.05) is 17.7 Å². The van der Waals surface area contributed by atoms with Crippen LogP contribution >= 0.6 is 0 Å². The van der Waals surface area contributed by atoms with E-state index in [9.17, 15) is 10.1 Å². The van der Waals surface area contributed by atoms with Gasteiger partial charge in [-0.05, 0) is 24.6 Å². The van der Waals surface area contributed by atoms with Crippen LogP contribution in [0.5, 0.6) is 0 Å². The van der Waals surface area contributed by atoms with E-state index in [1.54, 1.807) is 19.1 Å². The van der Waals surface area contributed by atoms with Crippen molar-refractivity contribution in [3.63, 3.8) is 0 Å². The predicted molar refractivity (Wildman–Crippen MR) is 56.9 cm³/mol. The van der Waals surface area contributed by atoms with Crippen LogP contribution in [-0.4, -0.2) is 4.92 Å². The molecule has 0 saturated heterocycles. The van der Waals surface area contributed by atoms with E-state index in [2.05, 4.69) is 0 Å². The highest BCUT2D eigenvalue weighted by Gasteiger charge is 2.14. The number of nitriles is 1. The lowest BCUT2D eigenvalue weighted by Crippen LogP contribution is -1.98. The normalized spacial score (nSPS) is 10.1. The van der Waals surface area contributed by atoms with Gasteiger partial charge in [0.1, 0.15) is 5.69 Å². The van der Waals surface area contributed by atoms with Crippen molar-refractivity contribution in [2.45, 2.75) is 6.92 Å². The van der Waals surface area contributed by atoms with Crippen LogP contribution < -0.4 is 5.73 Å².